The maximum Gasteiger partial charge on any atom is 0.239 e. The fraction of sp³-hybridized carbons (Fsp3) is 0.462. The largest absolute Gasteiger partial charge is 0.497 e. The highest BCUT2D eigenvalue weighted by Gasteiger charge is 2.28. The number of hydrogen-bond acceptors (Lipinski definition) is 4. The van der Waals surface area contributed by atoms with E-state index in [-0.39, 0.29) is 11.9 Å². The van der Waals surface area contributed by atoms with E-state index in [1.54, 1.807) is 19.1 Å². The number of likely N-dealkylation sites (tertiary alicyclic amines) is 1. The molecule has 1 aliphatic rings. The number of ether oxygens (including phenoxy) is 2. The maximum atomic E-state index is 11.8. The Bertz CT molecular complexity index is 448. The number of benzene rings is 1. The molecule has 0 unspecified atom stereocenters. The molecule has 1 aromatic carbocycles. The van der Waals surface area contributed by atoms with Gasteiger partial charge < -0.3 is 20.1 Å². The smallest absolute Gasteiger partial charge is 0.239 e. The highest BCUT2D eigenvalue weighted by atomic mass is 16.5. The van der Waals surface area contributed by atoms with E-state index in [4.69, 9.17) is 15.2 Å². The molecule has 0 bridgehead atoms. The number of amides is 1. The molecule has 0 aromatic heterocycles. The summed E-state index contributed by atoms with van der Waals surface area (Å²) in [6.07, 6.45) is 0.720. The van der Waals surface area contributed by atoms with Crippen molar-refractivity contribution >= 4 is 5.91 Å². The molecule has 18 heavy (non-hydrogen) atoms. The third kappa shape index (κ3) is 2.41. The van der Waals surface area contributed by atoms with Gasteiger partial charge in [-0.1, -0.05) is 0 Å². The monoisotopic (exact) mass is 250 g/mol. The van der Waals surface area contributed by atoms with E-state index in [2.05, 4.69) is 0 Å². The molecule has 1 aromatic rings. The van der Waals surface area contributed by atoms with E-state index in [9.17, 15) is 4.79 Å². The second-order valence-corrected chi connectivity index (χ2v) is 4.33. The Labute approximate surface area is 106 Å². The number of carbonyl (C=O) groups excluding carboxylic acids is 1. The van der Waals surface area contributed by atoms with Crippen molar-refractivity contribution in [3.63, 3.8) is 0 Å². The zero-order valence-corrected chi connectivity index (χ0v) is 10.7. The Morgan fingerprint density at radius 1 is 1.39 bits per heavy atom. The second-order valence-electron chi connectivity index (χ2n) is 4.33. The molecule has 1 saturated heterocycles. The minimum atomic E-state index is -0.353. The van der Waals surface area contributed by atoms with Crippen LogP contribution in [0.3, 0.4) is 0 Å². The first-order valence-corrected chi connectivity index (χ1v) is 5.91. The third-order valence-corrected chi connectivity index (χ3v) is 3.19. The molecular weight excluding hydrogens is 232 g/mol. The van der Waals surface area contributed by atoms with Crippen LogP contribution in [0.25, 0.3) is 0 Å². The number of methoxy groups -OCH3 is 2. The maximum absolute atomic E-state index is 11.8. The Kier molecular flexibility index (Phi) is 3.72. The molecule has 0 radical (unpaired) electrons. The number of hydrogen-bond donors (Lipinski definition) is 1. The quantitative estimate of drug-likeness (QED) is 0.857. The van der Waals surface area contributed by atoms with Crippen LogP contribution in [-0.4, -0.2) is 37.6 Å². The summed E-state index contributed by atoms with van der Waals surface area (Å²) in [4.78, 5) is 13.5. The number of carbonyl (C=O) groups is 1. The first-order valence-electron chi connectivity index (χ1n) is 5.91. The van der Waals surface area contributed by atoms with E-state index < -0.39 is 0 Å². The Balaban J connectivity index is 2.16. The molecule has 1 fully saturated rings. The lowest BCUT2D eigenvalue weighted by Gasteiger charge is -2.18. The zero-order chi connectivity index (χ0) is 13.1. The van der Waals surface area contributed by atoms with Crippen LogP contribution >= 0.6 is 0 Å². The predicted molar refractivity (Wildman–Crippen MR) is 67.6 cm³/mol. The SMILES string of the molecule is COc1ccc(CN2CC[C@@H](N)C2=O)c(OC)c1. The van der Waals surface area contributed by atoms with Crippen molar-refractivity contribution in [1.29, 1.82) is 0 Å². The fourth-order valence-corrected chi connectivity index (χ4v) is 2.11. The van der Waals surface area contributed by atoms with Crippen LogP contribution in [0, 0.1) is 0 Å². The minimum absolute atomic E-state index is 0.00729. The van der Waals surface area contributed by atoms with E-state index in [0.29, 0.717) is 13.1 Å². The highest BCUT2D eigenvalue weighted by Crippen LogP contribution is 2.26. The van der Waals surface area contributed by atoms with E-state index in [1.807, 2.05) is 18.2 Å². The molecule has 1 atom stereocenters. The first kappa shape index (κ1) is 12.7. The summed E-state index contributed by atoms with van der Waals surface area (Å²) in [6.45, 7) is 1.23. The van der Waals surface area contributed by atoms with Gasteiger partial charge in [-0.2, -0.15) is 0 Å². The van der Waals surface area contributed by atoms with Gasteiger partial charge in [-0.05, 0) is 18.6 Å². The number of nitrogens with two attached hydrogens (primary N) is 1. The van der Waals surface area contributed by atoms with Gasteiger partial charge >= 0.3 is 0 Å². The lowest BCUT2D eigenvalue weighted by Crippen LogP contribution is -2.33. The van der Waals surface area contributed by atoms with Crippen LogP contribution in [0.2, 0.25) is 0 Å². The minimum Gasteiger partial charge on any atom is -0.497 e. The van der Waals surface area contributed by atoms with Gasteiger partial charge in [0.05, 0.1) is 20.3 Å². The van der Waals surface area contributed by atoms with Crippen LogP contribution in [0.15, 0.2) is 18.2 Å². The molecule has 2 rings (SSSR count). The topological polar surface area (TPSA) is 64.8 Å². The summed E-state index contributed by atoms with van der Waals surface area (Å²) >= 11 is 0. The van der Waals surface area contributed by atoms with Crippen LogP contribution < -0.4 is 15.2 Å². The summed E-state index contributed by atoms with van der Waals surface area (Å²) in [5.41, 5.74) is 6.66. The summed E-state index contributed by atoms with van der Waals surface area (Å²) in [6, 6.07) is 5.23. The van der Waals surface area contributed by atoms with Crippen molar-refractivity contribution in [3.05, 3.63) is 23.8 Å². The normalized spacial score (nSPS) is 19.2. The van der Waals surface area contributed by atoms with E-state index in [1.165, 1.54) is 0 Å². The van der Waals surface area contributed by atoms with E-state index >= 15 is 0 Å². The van der Waals surface area contributed by atoms with Crippen molar-refractivity contribution < 1.29 is 14.3 Å². The molecule has 0 aliphatic carbocycles. The molecule has 5 nitrogen and oxygen atoms in total. The van der Waals surface area contributed by atoms with Gasteiger partial charge in [-0.15, -0.1) is 0 Å². The molecule has 0 saturated carbocycles. The Morgan fingerprint density at radius 3 is 2.72 bits per heavy atom. The number of nitrogens with zero attached hydrogens (tertiary/aromatic N) is 1. The van der Waals surface area contributed by atoms with Crippen molar-refractivity contribution in [2.75, 3.05) is 20.8 Å². The first-order chi connectivity index (χ1) is 8.65. The molecule has 2 N–H and O–H groups in total. The van der Waals surface area contributed by atoms with Gasteiger partial charge in [0.25, 0.3) is 0 Å². The van der Waals surface area contributed by atoms with E-state index in [0.717, 1.165) is 23.5 Å². The van der Waals surface area contributed by atoms with Crippen molar-refractivity contribution in [1.82, 2.24) is 4.90 Å². The van der Waals surface area contributed by atoms with Crippen LogP contribution in [0.5, 0.6) is 11.5 Å². The molecule has 5 heteroatoms. The summed E-state index contributed by atoms with van der Waals surface area (Å²) in [7, 11) is 3.22. The summed E-state index contributed by atoms with van der Waals surface area (Å²) in [5, 5.41) is 0. The van der Waals surface area contributed by atoms with Crippen LogP contribution in [-0.2, 0) is 11.3 Å². The highest BCUT2D eigenvalue weighted by molar-refractivity contribution is 5.83. The van der Waals surface area contributed by atoms with Gasteiger partial charge in [-0.3, -0.25) is 4.79 Å². The molecule has 1 amide bonds. The van der Waals surface area contributed by atoms with Gasteiger partial charge in [-0.25, -0.2) is 0 Å². The third-order valence-electron chi connectivity index (χ3n) is 3.19. The standard InChI is InChI=1S/C13H18N2O3/c1-17-10-4-3-9(12(7-10)18-2)8-15-6-5-11(14)13(15)16/h3-4,7,11H,5-6,8,14H2,1-2H3/t11-/m1/s1. The molecular formula is C13H18N2O3. The predicted octanol–water partition coefficient (Wildman–Crippen LogP) is 0.763. The molecule has 1 aliphatic heterocycles. The lowest BCUT2D eigenvalue weighted by molar-refractivity contribution is -0.129. The molecule has 0 spiro atoms. The van der Waals surface area contributed by atoms with Gasteiger partial charge in [0.15, 0.2) is 0 Å². The van der Waals surface area contributed by atoms with Gasteiger partial charge in [0.2, 0.25) is 5.91 Å². The number of rotatable bonds is 4. The summed E-state index contributed by atoms with van der Waals surface area (Å²) in [5.74, 6) is 1.47. The molecule has 1 heterocycles. The Morgan fingerprint density at radius 2 is 2.17 bits per heavy atom. The van der Waals surface area contributed by atoms with Gasteiger partial charge in [0.1, 0.15) is 11.5 Å². The fourth-order valence-electron chi connectivity index (χ4n) is 2.11. The lowest BCUT2D eigenvalue weighted by atomic mass is 10.2. The van der Waals surface area contributed by atoms with Crippen molar-refractivity contribution in [2.45, 2.75) is 19.0 Å². The van der Waals surface area contributed by atoms with Crippen molar-refractivity contribution in [3.8, 4) is 11.5 Å². The van der Waals surface area contributed by atoms with Crippen molar-refractivity contribution in [2.24, 2.45) is 5.73 Å². The average molecular weight is 250 g/mol. The van der Waals surface area contributed by atoms with Gasteiger partial charge in [0, 0.05) is 24.7 Å². The zero-order valence-electron chi connectivity index (χ0n) is 10.7. The molecule has 98 valence electrons. The summed E-state index contributed by atoms with van der Waals surface area (Å²) < 4.78 is 10.5. The van der Waals surface area contributed by atoms with Crippen LogP contribution in [0.4, 0.5) is 0 Å². The average Bonchev–Trinajstić information content (AvgIpc) is 2.71. The second kappa shape index (κ2) is 5.27. The van der Waals surface area contributed by atoms with Crippen LogP contribution in [0.1, 0.15) is 12.0 Å². The Hall–Kier alpha value is -1.75.